The summed E-state index contributed by atoms with van der Waals surface area (Å²) in [5, 5.41) is 2.06. The Kier molecular flexibility index (Phi) is 6.00. The van der Waals surface area contributed by atoms with Crippen LogP contribution >= 0.6 is 0 Å². The molecule has 0 bridgehead atoms. The number of carbonyl (C=O) groups excluding carboxylic acids is 1. The Labute approximate surface area is 188 Å². The van der Waals surface area contributed by atoms with Gasteiger partial charge in [-0.15, -0.1) is 0 Å². The fourth-order valence-electron chi connectivity index (χ4n) is 4.31. The zero-order chi connectivity index (χ0) is 21.8. The molecule has 1 fully saturated rings. The summed E-state index contributed by atoms with van der Waals surface area (Å²) in [5.74, 6) is 0.979. The number of unbranched alkanes of at least 4 members (excludes halogenated alkanes) is 1. The molecule has 0 N–H and O–H groups in total. The first kappa shape index (κ1) is 20.5. The molecular weight excluding hydrogens is 396 g/mol. The molecule has 5 rings (SSSR count). The summed E-state index contributed by atoms with van der Waals surface area (Å²) in [4.78, 5) is 13.2. The van der Waals surface area contributed by atoms with E-state index in [9.17, 15) is 4.79 Å². The van der Waals surface area contributed by atoms with Gasteiger partial charge in [0.05, 0.1) is 6.61 Å². The fraction of sp³-hybridized carbons (Fsp3) is 0.207. The van der Waals surface area contributed by atoms with Crippen LogP contribution in [-0.2, 0) is 11.2 Å². The summed E-state index contributed by atoms with van der Waals surface area (Å²) in [6, 6.07) is 32.1. The lowest BCUT2D eigenvalue weighted by molar-refractivity contribution is 0.0955. The average molecular weight is 423 g/mol. The average Bonchev–Trinajstić information content (AvgIpc) is 3.65. The Morgan fingerprint density at radius 2 is 1.53 bits per heavy atom. The summed E-state index contributed by atoms with van der Waals surface area (Å²) in [6.45, 7) is 0.703. The molecule has 4 aromatic rings. The van der Waals surface area contributed by atoms with Crippen LogP contribution in [-0.4, -0.2) is 18.5 Å². The molecule has 0 aromatic heterocycles. The molecule has 1 saturated heterocycles. The smallest absolute Gasteiger partial charge is 0.195 e. The van der Waals surface area contributed by atoms with E-state index in [1.54, 1.807) is 0 Å². The van der Waals surface area contributed by atoms with E-state index in [2.05, 4.69) is 18.2 Å². The summed E-state index contributed by atoms with van der Waals surface area (Å²) in [6.07, 6.45) is 2.40. The van der Waals surface area contributed by atoms with E-state index in [0.29, 0.717) is 6.61 Å². The van der Waals surface area contributed by atoms with Crippen LogP contribution < -0.4 is 4.74 Å². The number of Topliss-reactive ketones (excluding diaryl/α,β-unsaturated/α-hetero) is 1. The van der Waals surface area contributed by atoms with Crippen LogP contribution in [0.5, 0.6) is 5.75 Å². The first-order valence-corrected chi connectivity index (χ1v) is 11.2. The predicted octanol–water partition coefficient (Wildman–Crippen LogP) is 6.56. The third kappa shape index (κ3) is 4.44. The largest absolute Gasteiger partial charge is 0.494 e. The Bertz CT molecular complexity index is 1210. The summed E-state index contributed by atoms with van der Waals surface area (Å²) < 4.78 is 11.7. The minimum Gasteiger partial charge on any atom is -0.494 e. The highest BCUT2D eigenvalue weighted by Crippen LogP contribution is 2.43. The lowest BCUT2D eigenvalue weighted by Gasteiger charge is -2.09. The molecule has 3 nitrogen and oxygen atoms in total. The van der Waals surface area contributed by atoms with Crippen molar-refractivity contribution in [2.24, 2.45) is 0 Å². The number of hydrogen-bond acceptors (Lipinski definition) is 3. The SMILES string of the molecule is O=C(c1cccc2ccccc12)[C@@H]1O[C@H]1c1ccccc1CCCCOc1ccccc1. The molecule has 0 spiro atoms. The van der Waals surface area contributed by atoms with Crippen LogP contribution in [0.1, 0.15) is 40.4 Å². The van der Waals surface area contributed by atoms with Crippen molar-refractivity contribution in [2.45, 2.75) is 31.5 Å². The van der Waals surface area contributed by atoms with Gasteiger partial charge in [0.1, 0.15) is 11.9 Å². The number of benzene rings is 4. The maximum absolute atomic E-state index is 13.2. The van der Waals surface area contributed by atoms with Gasteiger partial charge in [0.15, 0.2) is 11.9 Å². The molecule has 32 heavy (non-hydrogen) atoms. The van der Waals surface area contributed by atoms with Gasteiger partial charge in [-0.1, -0.05) is 84.9 Å². The van der Waals surface area contributed by atoms with E-state index in [4.69, 9.17) is 9.47 Å². The third-order valence-electron chi connectivity index (χ3n) is 6.02. The summed E-state index contributed by atoms with van der Waals surface area (Å²) in [7, 11) is 0. The molecule has 0 radical (unpaired) electrons. The van der Waals surface area contributed by atoms with Gasteiger partial charge in [-0.2, -0.15) is 0 Å². The molecule has 0 amide bonds. The van der Waals surface area contributed by atoms with Crippen molar-refractivity contribution < 1.29 is 14.3 Å². The third-order valence-corrected chi connectivity index (χ3v) is 6.02. The number of epoxide rings is 1. The van der Waals surface area contributed by atoms with Crippen molar-refractivity contribution in [1.29, 1.82) is 0 Å². The van der Waals surface area contributed by atoms with Gasteiger partial charge in [0.2, 0.25) is 0 Å². The predicted molar refractivity (Wildman–Crippen MR) is 127 cm³/mol. The summed E-state index contributed by atoms with van der Waals surface area (Å²) >= 11 is 0. The van der Waals surface area contributed by atoms with Gasteiger partial charge in [-0.25, -0.2) is 0 Å². The monoisotopic (exact) mass is 422 g/mol. The molecule has 3 heteroatoms. The number of ether oxygens (including phenoxy) is 2. The minimum atomic E-state index is -0.400. The van der Waals surface area contributed by atoms with E-state index >= 15 is 0 Å². The van der Waals surface area contributed by atoms with Crippen LogP contribution in [0.15, 0.2) is 97.1 Å². The van der Waals surface area contributed by atoms with Crippen molar-refractivity contribution in [3.8, 4) is 5.75 Å². The zero-order valence-corrected chi connectivity index (χ0v) is 17.9. The van der Waals surface area contributed by atoms with Gasteiger partial charge in [0.25, 0.3) is 0 Å². The molecule has 0 saturated carbocycles. The Morgan fingerprint density at radius 1 is 0.781 bits per heavy atom. The van der Waals surface area contributed by atoms with Gasteiger partial charge in [-0.3, -0.25) is 4.79 Å². The normalized spacial score (nSPS) is 17.2. The highest BCUT2D eigenvalue weighted by Gasteiger charge is 2.47. The second-order valence-electron chi connectivity index (χ2n) is 8.19. The van der Waals surface area contributed by atoms with Crippen LogP contribution in [0.25, 0.3) is 10.8 Å². The van der Waals surface area contributed by atoms with Crippen LogP contribution in [0.3, 0.4) is 0 Å². The molecule has 1 aliphatic heterocycles. The number of fused-ring (bicyclic) bond motifs is 1. The van der Waals surface area contributed by atoms with Crippen molar-refractivity contribution in [1.82, 2.24) is 0 Å². The second-order valence-corrected chi connectivity index (χ2v) is 8.19. The maximum atomic E-state index is 13.2. The highest BCUT2D eigenvalue weighted by molar-refractivity contribution is 6.11. The topological polar surface area (TPSA) is 38.8 Å². The van der Waals surface area contributed by atoms with Gasteiger partial charge in [-0.05, 0) is 53.3 Å². The van der Waals surface area contributed by atoms with E-state index in [1.165, 1.54) is 5.56 Å². The standard InChI is InChI=1S/C29H26O3/c30-27(26-19-10-14-21-11-4-6-17-24(21)26)29-28(32-29)25-18-7-5-12-22(25)13-8-9-20-31-23-15-2-1-3-16-23/h1-7,10-12,14-19,28-29H,8-9,13,20H2/t28-,29-/m0/s1. The molecule has 4 aromatic carbocycles. The van der Waals surface area contributed by atoms with Gasteiger partial charge < -0.3 is 9.47 Å². The number of aryl methyl sites for hydroxylation is 1. The van der Waals surface area contributed by atoms with E-state index in [-0.39, 0.29) is 11.9 Å². The maximum Gasteiger partial charge on any atom is 0.195 e. The van der Waals surface area contributed by atoms with Crippen molar-refractivity contribution in [3.05, 3.63) is 114 Å². The first-order valence-electron chi connectivity index (χ1n) is 11.2. The van der Waals surface area contributed by atoms with E-state index in [0.717, 1.165) is 46.9 Å². The molecular formula is C29H26O3. The molecule has 2 atom stereocenters. The Hall–Kier alpha value is -3.43. The number of carbonyl (C=O) groups is 1. The second kappa shape index (κ2) is 9.37. The lowest BCUT2D eigenvalue weighted by Crippen LogP contribution is -2.09. The fourth-order valence-corrected chi connectivity index (χ4v) is 4.31. The van der Waals surface area contributed by atoms with Gasteiger partial charge in [0, 0.05) is 5.56 Å². The molecule has 0 unspecified atom stereocenters. The molecule has 1 heterocycles. The number of para-hydroxylation sites is 1. The van der Waals surface area contributed by atoms with Crippen molar-refractivity contribution in [2.75, 3.05) is 6.61 Å². The van der Waals surface area contributed by atoms with Crippen molar-refractivity contribution >= 4 is 16.6 Å². The Balaban J connectivity index is 1.21. The zero-order valence-electron chi connectivity index (χ0n) is 17.9. The first-order chi connectivity index (χ1) is 15.8. The van der Waals surface area contributed by atoms with Crippen LogP contribution in [0.2, 0.25) is 0 Å². The van der Waals surface area contributed by atoms with E-state index < -0.39 is 6.10 Å². The Morgan fingerprint density at radius 3 is 2.44 bits per heavy atom. The molecule has 160 valence electrons. The lowest BCUT2D eigenvalue weighted by atomic mass is 9.94. The number of rotatable bonds is 9. The van der Waals surface area contributed by atoms with Crippen molar-refractivity contribution in [3.63, 3.8) is 0 Å². The van der Waals surface area contributed by atoms with E-state index in [1.807, 2.05) is 78.9 Å². The quantitative estimate of drug-likeness (QED) is 0.174. The minimum absolute atomic E-state index is 0.0675. The molecule has 1 aliphatic rings. The van der Waals surface area contributed by atoms with Gasteiger partial charge >= 0.3 is 0 Å². The highest BCUT2D eigenvalue weighted by atomic mass is 16.6. The molecule has 0 aliphatic carbocycles. The van der Waals surface area contributed by atoms with Crippen LogP contribution in [0, 0.1) is 0 Å². The number of ketones is 1. The number of hydrogen-bond donors (Lipinski definition) is 0. The van der Waals surface area contributed by atoms with Crippen LogP contribution in [0.4, 0.5) is 0 Å². The summed E-state index contributed by atoms with van der Waals surface area (Å²) in [5.41, 5.74) is 3.13.